The Labute approximate surface area is 162 Å². The van der Waals surface area contributed by atoms with E-state index in [0.29, 0.717) is 23.8 Å². The Morgan fingerprint density at radius 3 is 2.63 bits per heavy atom. The Morgan fingerprint density at radius 1 is 1.37 bits per heavy atom. The van der Waals surface area contributed by atoms with Crippen LogP contribution in [0.3, 0.4) is 0 Å². The van der Waals surface area contributed by atoms with Gasteiger partial charge in [0, 0.05) is 25.2 Å². The number of aromatic nitrogens is 3. The van der Waals surface area contributed by atoms with Crippen molar-refractivity contribution in [1.29, 1.82) is 0 Å². The van der Waals surface area contributed by atoms with Gasteiger partial charge in [0.05, 0.1) is 19.7 Å². The normalized spacial score (nSPS) is 15.6. The molecule has 0 aliphatic carbocycles. The number of hydrogen-bond donors (Lipinski definition) is 0. The molecule has 1 aliphatic heterocycles. The fraction of sp³-hybridized carbons (Fsp3) is 0.421. The molecule has 3 rings (SSSR count). The number of piperidine rings is 1. The van der Waals surface area contributed by atoms with E-state index in [1.54, 1.807) is 22.9 Å². The van der Waals surface area contributed by atoms with Crippen LogP contribution in [0.15, 0.2) is 36.9 Å². The Morgan fingerprint density at radius 2 is 2.04 bits per heavy atom. The molecule has 1 fully saturated rings. The summed E-state index contributed by atoms with van der Waals surface area (Å²) in [6.07, 6.45) is 3.28. The number of benzene rings is 1. The van der Waals surface area contributed by atoms with Gasteiger partial charge in [-0.25, -0.2) is 9.07 Å². The summed E-state index contributed by atoms with van der Waals surface area (Å²) in [4.78, 5) is 13.9. The number of rotatable bonds is 6. The Hall–Kier alpha value is -2.32. The van der Waals surface area contributed by atoms with Crippen LogP contribution in [0.2, 0.25) is 0 Å². The summed E-state index contributed by atoms with van der Waals surface area (Å²) in [6.45, 7) is 6.41. The topological polar surface area (TPSA) is 52.3 Å². The van der Waals surface area contributed by atoms with Gasteiger partial charge < -0.3 is 4.74 Å². The lowest BCUT2D eigenvalue weighted by molar-refractivity contribution is -0.147. The van der Waals surface area contributed by atoms with Crippen molar-refractivity contribution in [2.75, 3.05) is 20.2 Å². The zero-order valence-corrected chi connectivity index (χ0v) is 16.1. The first-order chi connectivity index (χ1) is 13.0. The number of methoxy groups -OCH3 is 1. The average molecular weight is 390 g/mol. The minimum absolute atomic E-state index is 0.0349. The van der Waals surface area contributed by atoms with Crippen molar-refractivity contribution in [3.8, 4) is 11.4 Å². The highest BCUT2D eigenvalue weighted by molar-refractivity contribution is 7.71. The van der Waals surface area contributed by atoms with Gasteiger partial charge in [0.25, 0.3) is 0 Å². The van der Waals surface area contributed by atoms with Crippen LogP contribution < -0.4 is 0 Å². The van der Waals surface area contributed by atoms with Crippen molar-refractivity contribution in [3.05, 3.63) is 47.5 Å². The molecule has 1 aromatic heterocycles. The standard InChI is InChI=1S/C19H23FN4O2S/c1-3-10-23-17(14-4-6-16(20)7-5-14)21-24(19(23)27)13-22-11-8-15(9-12-22)18(25)26-2/h3-7,15H,1,8-13H2,2H3. The van der Waals surface area contributed by atoms with E-state index in [-0.39, 0.29) is 17.7 Å². The van der Waals surface area contributed by atoms with E-state index in [0.717, 1.165) is 31.5 Å². The van der Waals surface area contributed by atoms with Crippen LogP contribution in [0.5, 0.6) is 0 Å². The number of hydrogen-bond acceptors (Lipinski definition) is 5. The Bertz CT molecular complexity index is 867. The number of likely N-dealkylation sites (tertiary alicyclic amines) is 1. The van der Waals surface area contributed by atoms with E-state index < -0.39 is 0 Å². The molecule has 0 radical (unpaired) electrons. The molecule has 1 saturated heterocycles. The number of nitrogens with zero attached hydrogens (tertiary/aromatic N) is 4. The van der Waals surface area contributed by atoms with Crippen LogP contribution in [0.4, 0.5) is 4.39 Å². The van der Waals surface area contributed by atoms with Crippen molar-refractivity contribution < 1.29 is 13.9 Å². The van der Waals surface area contributed by atoms with Gasteiger partial charge in [-0.2, -0.15) is 5.10 Å². The highest BCUT2D eigenvalue weighted by atomic mass is 32.1. The number of ether oxygens (including phenoxy) is 1. The summed E-state index contributed by atoms with van der Waals surface area (Å²) >= 11 is 5.60. The van der Waals surface area contributed by atoms with Crippen molar-refractivity contribution in [1.82, 2.24) is 19.2 Å². The lowest BCUT2D eigenvalue weighted by atomic mass is 9.97. The summed E-state index contributed by atoms with van der Waals surface area (Å²) < 4.78 is 22.3. The molecular formula is C19H23FN4O2S. The highest BCUT2D eigenvalue weighted by Crippen LogP contribution is 2.21. The van der Waals surface area contributed by atoms with Crippen LogP contribution in [-0.4, -0.2) is 45.4 Å². The highest BCUT2D eigenvalue weighted by Gasteiger charge is 2.26. The molecule has 0 saturated carbocycles. The van der Waals surface area contributed by atoms with Gasteiger partial charge in [0.15, 0.2) is 10.6 Å². The third-order valence-electron chi connectivity index (χ3n) is 4.79. The van der Waals surface area contributed by atoms with E-state index in [4.69, 9.17) is 17.0 Å². The number of halogens is 1. The number of allylic oxidation sites excluding steroid dienone is 1. The van der Waals surface area contributed by atoms with Crippen molar-refractivity contribution in [2.24, 2.45) is 5.92 Å². The molecule has 8 heteroatoms. The van der Waals surface area contributed by atoms with Gasteiger partial charge >= 0.3 is 5.97 Å². The predicted octanol–water partition coefficient (Wildman–Crippen LogP) is 3.25. The van der Waals surface area contributed by atoms with Gasteiger partial charge in [-0.3, -0.25) is 14.3 Å². The number of carbonyl (C=O) groups excluding carboxylic acids is 1. The van der Waals surface area contributed by atoms with Crippen molar-refractivity contribution in [2.45, 2.75) is 26.1 Å². The second-order valence-electron chi connectivity index (χ2n) is 6.57. The molecule has 1 aliphatic rings. The molecule has 2 heterocycles. The molecule has 6 nitrogen and oxygen atoms in total. The first kappa shape index (κ1) is 19.4. The fourth-order valence-corrected chi connectivity index (χ4v) is 3.57. The van der Waals surface area contributed by atoms with Gasteiger partial charge in [-0.15, -0.1) is 6.58 Å². The second kappa shape index (κ2) is 8.58. The second-order valence-corrected chi connectivity index (χ2v) is 6.93. The molecule has 0 bridgehead atoms. The van der Waals surface area contributed by atoms with Crippen LogP contribution in [0, 0.1) is 16.5 Å². The quantitative estimate of drug-likeness (QED) is 0.431. The monoisotopic (exact) mass is 390 g/mol. The van der Waals surface area contributed by atoms with Gasteiger partial charge in [0.2, 0.25) is 0 Å². The third kappa shape index (κ3) is 4.33. The molecule has 27 heavy (non-hydrogen) atoms. The zero-order valence-electron chi connectivity index (χ0n) is 15.3. The minimum Gasteiger partial charge on any atom is -0.469 e. The summed E-state index contributed by atoms with van der Waals surface area (Å²) in [6, 6.07) is 6.21. The predicted molar refractivity (Wildman–Crippen MR) is 103 cm³/mol. The Balaban J connectivity index is 1.79. The number of carbonyl (C=O) groups is 1. The molecule has 0 unspecified atom stereocenters. The summed E-state index contributed by atoms with van der Waals surface area (Å²) in [5.41, 5.74) is 0.799. The summed E-state index contributed by atoms with van der Waals surface area (Å²) in [5.74, 6) is 0.220. The van der Waals surface area contributed by atoms with Crippen LogP contribution >= 0.6 is 12.2 Å². The summed E-state index contributed by atoms with van der Waals surface area (Å²) in [5, 5.41) is 4.66. The van der Waals surface area contributed by atoms with Gasteiger partial charge in [-0.05, 0) is 49.3 Å². The van der Waals surface area contributed by atoms with E-state index in [2.05, 4.69) is 16.6 Å². The molecule has 0 spiro atoms. The molecule has 0 atom stereocenters. The average Bonchev–Trinajstić information content (AvgIpc) is 2.98. The van der Waals surface area contributed by atoms with Gasteiger partial charge in [0.1, 0.15) is 5.82 Å². The van der Waals surface area contributed by atoms with Crippen LogP contribution in [0.1, 0.15) is 12.8 Å². The third-order valence-corrected chi connectivity index (χ3v) is 5.22. The van der Waals surface area contributed by atoms with E-state index >= 15 is 0 Å². The molecule has 0 amide bonds. The first-order valence-electron chi connectivity index (χ1n) is 8.88. The zero-order chi connectivity index (χ0) is 19.4. The number of esters is 1. The fourth-order valence-electron chi connectivity index (χ4n) is 3.31. The maximum absolute atomic E-state index is 13.2. The van der Waals surface area contributed by atoms with Crippen molar-refractivity contribution >= 4 is 18.2 Å². The van der Waals surface area contributed by atoms with Crippen LogP contribution in [-0.2, 0) is 22.7 Å². The van der Waals surface area contributed by atoms with Crippen LogP contribution in [0.25, 0.3) is 11.4 Å². The van der Waals surface area contributed by atoms with E-state index in [1.165, 1.54) is 19.2 Å². The lowest BCUT2D eigenvalue weighted by Gasteiger charge is -2.30. The molecule has 2 aromatic rings. The van der Waals surface area contributed by atoms with Gasteiger partial charge in [-0.1, -0.05) is 6.08 Å². The Kier molecular flexibility index (Phi) is 6.18. The molecule has 0 N–H and O–H groups in total. The lowest BCUT2D eigenvalue weighted by Crippen LogP contribution is -2.38. The maximum Gasteiger partial charge on any atom is 0.308 e. The smallest absolute Gasteiger partial charge is 0.308 e. The molecular weight excluding hydrogens is 367 g/mol. The SMILES string of the molecule is C=CCn1c(-c2ccc(F)cc2)nn(CN2CCC(C(=O)OC)CC2)c1=S. The first-order valence-corrected chi connectivity index (χ1v) is 9.29. The largest absolute Gasteiger partial charge is 0.469 e. The van der Waals surface area contributed by atoms with Crippen molar-refractivity contribution in [3.63, 3.8) is 0 Å². The maximum atomic E-state index is 13.2. The molecule has 1 aromatic carbocycles. The summed E-state index contributed by atoms with van der Waals surface area (Å²) in [7, 11) is 1.43. The van der Waals surface area contributed by atoms with E-state index in [1.807, 2.05) is 4.57 Å². The van der Waals surface area contributed by atoms with E-state index in [9.17, 15) is 9.18 Å². The molecule has 144 valence electrons. The minimum atomic E-state index is -0.291.